The Balaban J connectivity index is 0.00000370. The van der Waals surface area contributed by atoms with Crippen molar-refractivity contribution in [1.29, 1.82) is 0 Å². The molecule has 0 spiro atoms. The van der Waals surface area contributed by atoms with Crippen molar-refractivity contribution in [3.8, 4) is 0 Å². The number of benzene rings is 3. The van der Waals surface area contributed by atoms with Crippen molar-refractivity contribution in [3.05, 3.63) is 95.9 Å². The number of sulfone groups is 1. The summed E-state index contributed by atoms with van der Waals surface area (Å²) in [6.07, 6.45) is 2.89. The van der Waals surface area contributed by atoms with Crippen LogP contribution in [-0.4, -0.2) is 41.2 Å². The molecule has 0 bridgehead atoms. The fraction of sp³-hybridized carbons (Fsp3) is 0.179. The molecule has 5 aromatic rings. The number of fused-ring (bicyclic) bond motifs is 1. The predicted molar refractivity (Wildman–Crippen MR) is 160 cm³/mol. The van der Waals surface area contributed by atoms with Gasteiger partial charge in [-0.1, -0.05) is 24.3 Å². The van der Waals surface area contributed by atoms with E-state index < -0.39 is 9.84 Å². The topological polar surface area (TPSA) is 105 Å². The summed E-state index contributed by atoms with van der Waals surface area (Å²) in [7, 11) is 0.774. The lowest BCUT2D eigenvalue weighted by atomic mass is 10.2. The van der Waals surface area contributed by atoms with E-state index in [2.05, 4.69) is 20.6 Å². The summed E-state index contributed by atoms with van der Waals surface area (Å²) in [4.78, 5) is 15.7. The van der Waals surface area contributed by atoms with Gasteiger partial charge in [-0.25, -0.2) is 22.8 Å². The first-order chi connectivity index (χ1) is 18.6. The average Bonchev–Trinajstić information content (AvgIpc) is 3.23. The molecule has 5 rings (SSSR count). The summed E-state index contributed by atoms with van der Waals surface area (Å²) in [5.41, 5.74) is 5.13. The van der Waals surface area contributed by atoms with E-state index in [0.717, 1.165) is 33.5 Å². The molecule has 0 saturated heterocycles. The first kappa shape index (κ1) is 28.8. The molecular weight excluding hydrogens is 553 g/mol. The molecule has 40 heavy (non-hydrogen) atoms. The van der Waals surface area contributed by atoms with Gasteiger partial charge in [0.05, 0.1) is 16.8 Å². The largest absolute Gasteiger partial charge is 0.352 e. The van der Waals surface area contributed by atoms with Crippen LogP contribution in [0.4, 0.5) is 33.5 Å². The van der Waals surface area contributed by atoms with Crippen LogP contribution in [0.1, 0.15) is 11.1 Å². The Bertz CT molecular complexity index is 1730. The van der Waals surface area contributed by atoms with Gasteiger partial charge in [0.1, 0.15) is 11.6 Å². The maximum absolute atomic E-state index is 13.2. The second kappa shape index (κ2) is 11.9. The summed E-state index contributed by atoms with van der Waals surface area (Å²) in [5.74, 6) is 1.55. The Labute approximate surface area is 238 Å². The molecule has 0 aliphatic rings. The van der Waals surface area contributed by atoms with Crippen LogP contribution in [0.2, 0.25) is 0 Å². The number of rotatable bonds is 9. The number of aryl methyl sites for hydroxylation is 1. The summed E-state index contributed by atoms with van der Waals surface area (Å²) in [5, 5.41) is 6.49. The number of aromatic nitrogens is 4. The first-order valence-corrected chi connectivity index (χ1v) is 14.3. The van der Waals surface area contributed by atoms with Gasteiger partial charge in [-0.15, -0.1) is 12.4 Å². The highest BCUT2D eigenvalue weighted by Crippen LogP contribution is 2.28. The highest BCUT2D eigenvalue weighted by atomic mass is 35.5. The number of imidazole rings is 1. The third kappa shape index (κ3) is 6.85. The monoisotopic (exact) mass is 581 g/mol. The highest BCUT2D eigenvalue weighted by Gasteiger charge is 2.13. The fourth-order valence-electron chi connectivity index (χ4n) is 4.18. The molecule has 9 nitrogen and oxygen atoms in total. The molecule has 0 radical (unpaired) electrons. The van der Waals surface area contributed by atoms with Crippen LogP contribution >= 0.6 is 12.4 Å². The van der Waals surface area contributed by atoms with Gasteiger partial charge in [-0.05, 0) is 59.7 Å². The maximum Gasteiger partial charge on any atom is 0.229 e. The average molecular weight is 582 g/mol. The Morgan fingerprint density at radius 3 is 2.35 bits per heavy atom. The Morgan fingerprint density at radius 1 is 0.950 bits per heavy atom. The van der Waals surface area contributed by atoms with Gasteiger partial charge < -0.3 is 20.1 Å². The van der Waals surface area contributed by atoms with E-state index in [4.69, 9.17) is 4.98 Å². The van der Waals surface area contributed by atoms with E-state index >= 15 is 0 Å². The van der Waals surface area contributed by atoms with Gasteiger partial charge in [0.2, 0.25) is 11.9 Å². The molecule has 12 heteroatoms. The number of nitrogens with one attached hydrogen (secondary N) is 2. The number of hydrogen-bond acceptors (Lipinski definition) is 8. The van der Waals surface area contributed by atoms with Gasteiger partial charge >= 0.3 is 0 Å². The third-order valence-corrected chi connectivity index (χ3v) is 7.10. The number of halogens is 2. The van der Waals surface area contributed by atoms with Gasteiger partial charge in [0, 0.05) is 44.5 Å². The van der Waals surface area contributed by atoms with E-state index in [9.17, 15) is 12.8 Å². The van der Waals surface area contributed by atoms with Crippen molar-refractivity contribution in [2.24, 2.45) is 7.05 Å². The van der Waals surface area contributed by atoms with Crippen LogP contribution in [0.25, 0.3) is 11.0 Å². The molecule has 0 unspecified atom stereocenters. The Hall–Kier alpha value is -4.22. The van der Waals surface area contributed by atoms with E-state index in [0.29, 0.717) is 24.3 Å². The highest BCUT2D eigenvalue weighted by molar-refractivity contribution is 7.89. The quantitative estimate of drug-likeness (QED) is 0.232. The minimum absolute atomic E-state index is 0. The molecule has 0 amide bonds. The van der Waals surface area contributed by atoms with Crippen molar-refractivity contribution in [3.63, 3.8) is 0 Å². The van der Waals surface area contributed by atoms with Crippen molar-refractivity contribution in [2.45, 2.75) is 12.3 Å². The van der Waals surface area contributed by atoms with Crippen LogP contribution in [0.3, 0.4) is 0 Å². The Morgan fingerprint density at radius 2 is 1.65 bits per heavy atom. The lowest BCUT2D eigenvalue weighted by Crippen LogP contribution is -2.12. The van der Waals surface area contributed by atoms with Gasteiger partial charge in [-0.3, -0.25) is 0 Å². The van der Waals surface area contributed by atoms with Gasteiger partial charge in [0.15, 0.2) is 9.84 Å². The van der Waals surface area contributed by atoms with Crippen LogP contribution in [0, 0.1) is 5.82 Å². The van der Waals surface area contributed by atoms with E-state index in [-0.39, 0.29) is 24.0 Å². The first-order valence-electron chi connectivity index (χ1n) is 12.2. The molecule has 0 aliphatic heterocycles. The molecule has 3 aromatic carbocycles. The fourth-order valence-corrected chi connectivity index (χ4v) is 4.98. The molecule has 0 saturated carbocycles. The van der Waals surface area contributed by atoms with E-state index in [1.54, 1.807) is 42.6 Å². The van der Waals surface area contributed by atoms with Crippen molar-refractivity contribution in [1.82, 2.24) is 19.5 Å². The zero-order chi connectivity index (χ0) is 27.6. The molecule has 2 N–H and O–H groups in total. The van der Waals surface area contributed by atoms with Crippen LogP contribution in [0.5, 0.6) is 0 Å². The van der Waals surface area contributed by atoms with Gasteiger partial charge in [-0.2, -0.15) is 4.98 Å². The van der Waals surface area contributed by atoms with Crippen LogP contribution in [0.15, 0.2) is 79.0 Å². The molecule has 0 fully saturated rings. The minimum Gasteiger partial charge on any atom is -0.352 e. The van der Waals surface area contributed by atoms with Crippen LogP contribution in [-0.2, 0) is 29.2 Å². The molecule has 0 atom stereocenters. The minimum atomic E-state index is -3.09. The summed E-state index contributed by atoms with van der Waals surface area (Å²) in [6, 6.07) is 21.3. The third-order valence-electron chi connectivity index (χ3n) is 6.24. The molecule has 0 aliphatic carbocycles. The number of hydrogen-bond donors (Lipinski definition) is 2. The SMILES string of the molecule is CN(c1ccc2c(c1)nc(NCc1ccc(F)cc1)n2C)c1ccnc(Nc2ccc(CS(C)(=O)=O)cc2)n1.Cl. The Kier molecular flexibility index (Phi) is 8.55. The number of anilines is 5. The van der Waals surface area contributed by atoms with Gasteiger partial charge in [0.25, 0.3) is 0 Å². The lowest BCUT2D eigenvalue weighted by molar-refractivity contribution is 0.601. The van der Waals surface area contributed by atoms with E-state index in [1.807, 2.05) is 47.8 Å². The second-order valence-electron chi connectivity index (χ2n) is 9.34. The zero-order valence-corrected chi connectivity index (χ0v) is 23.8. The molecule has 2 heterocycles. The van der Waals surface area contributed by atoms with E-state index in [1.165, 1.54) is 18.4 Å². The smallest absolute Gasteiger partial charge is 0.229 e. The van der Waals surface area contributed by atoms with Crippen molar-refractivity contribution >= 4 is 62.4 Å². The zero-order valence-electron chi connectivity index (χ0n) is 22.2. The number of nitrogens with zero attached hydrogens (tertiary/aromatic N) is 5. The molecular formula is C28H29ClFN7O2S. The molecule has 2 aromatic heterocycles. The summed E-state index contributed by atoms with van der Waals surface area (Å²) >= 11 is 0. The van der Waals surface area contributed by atoms with Crippen LogP contribution < -0.4 is 15.5 Å². The van der Waals surface area contributed by atoms with Crippen molar-refractivity contribution in [2.75, 3.05) is 28.8 Å². The second-order valence-corrected chi connectivity index (χ2v) is 11.5. The predicted octanol–water partition coefficient (Wildman–Crippen LogP) is 5.59. The van der Waals surface area contributed by atoms with Crippen molar-refractivity contribution < 1.29 is 12.8 Å². The maximum atomic E-state index is 13.2. The standard InChI is InChI=1S/C28H28FN7O2S.ClH/c1-35(26-14-15-30-27(34-26)32-22-10-6-20(7-11-22)18-39(3,37)38)23-12-13-25-24(16-23)33-28(36(25)2)31-17-19-4-8-21(29)9-5-19;/h4-16H,17-18H2,1-3H3,(H,31,33)(H,30,32,34);1H. The lowest BCUT2D eigenvalue weighted by Gasteiger charge is -2.19. The summed E-state index contributed by atoms with van der Waals surface area (Å²) < 4.78 is 38.2. The normalized spacial score (nSPS) is 11.2. The molecule has 208 valence electrons. The summed E-state index contributed by atoms with van der Waals surface area (Å²) in [6.45, 7) is 0.529.